The van der Waals surface area contributed by atoms with E-state index < -0.39 is 0 Å². The van der Waals surface area contributed by atoms with Crippen molar-refractivity contribution in [3.8, 4) is 5.75 Å². The normalized spacial score (nSPS) is 8.82. The number of benzene rings is 1. The molecule has 0 aliphatic carbocycles. The van der Waals surface area contributed by atoms with E-state index in [1.54, 1.807) is 24.3 Å². The van der Waals surface area contributed by atoms with Crippen molar-refractivity contribution in [3.05, 3.63) is 29.8 Å². The molecule has 0 aliphatic rings. The molecule has 56 valence electrons. The van der Waals surface area contributed by atoms with Crippen molar-refractivity contribution >= 4 is 29.6 Å². The number of hydrogen-bond donors (Lipinski definition) is 2. The van der Waals surface area contributed by atoms with E-state index in [2.05, 4.69) is 0 Å². The Bertz CT molecular complexity index is 196. The molecule has 1 rings (SSSR count). The second kappa shape index (κ2) is 5.61. The zero-order valence-corrected chi connectivity index (χ0v) is 5.62. The molecule has 1 aromatic rings. The summed E-state index contributed by atoms with van der Waals surface area (Å²) in [5.74, 6) is 0.265. The van der Waals surface area contributed by atoms with Crippen LogP contribution in [-0.4, -0.2) is 46.4 Å². The molecule has 2 N–H and O–H groups in total. The van der Waals surface area contributed by atoms with Crippen LogP contribution in [0.3, 0.4) is 0 Å². The first-order valence-corrected chi connectivity index (χ1v) is 3.21. The average Bonchev–Trinajstić information content (AvgIpc) is 1.95. The number of phenolic OH excluding ortho intramolecular Hbond substituents is 1. The molecule has 0 radical (unpaired) electrons. The molecule has 0 amide bonds. The van der Waals surface area contributed by atoms with Gasteiger partial charge in [0, 0.05) is 6.61 Å². The van der Waals surface area contributed by atoms with Crippen LogP contribution in [0.4, 0.5) is 0 Å². The number of phenols is 1. The van der Waals surface area contributed by atoms with Gasteiger partial charge in [0.05, 0.1) is 0 Å². The molecule has 0 spiro atoms. The standard InChI is InChI=1S/C8H10O2.Na.H/c9-6-5-7-1-3-8(10)4-2-7;;/h1-4,9-10H,5-6H2;;. The number of rotatable bonds is 2. The molecule has 0 unspecified atom stereocenters. The molecule has 2 nitrogen and oxygen atoms in total. The van der Waals surface area contributed by atoms with Crippen molar-refractivity contribution in [3.63, 3.8) is 0 Å². The van der Waals surface area contributed by atoms with Crippen molar-refractivity contribution in [1.82, 2.24) is 0 Å². The number of aliphatic hydroxyl groups is 1. The SMILES string of the molecule is OCCc1ccc(O)cc1.[NaH]. The van der Waals surface area contributed by atoms with Gasteiger partial charge >= 0.3 is 29.6 Å². The molecule has 0 bridgehead atoms. The minimum absolute atomic E-state index is 0. The summed E-state index contributed by atoms with van der Waals surface area (Å²) in [6.45, 7) is 0.158. The van der Waals surface area contributed by atoms with E-state index in [9.17, 15) is 0 Å². The van der Waals surface area contributed by atoms with Gasteiger partial charge in [-0.1, -0.05) is 12.1 Å². The van der Waals surface area contributed by atoms with E-state index in [1.807, 2.05) is 0 Å². The third-order valence-electron chi connectivity index (χ3n) is 1.34. The van der Waals surface area contributed by atoms with E-state index in [4.69, 9.17) is 10.2 Å². The summed E-state index contributed by atoms with van der Waals surface area (Å²) in [6.07, 6.45) is 0.653. The Morgan fingerprint density at radius 2 is 1.64 bits per heavy atom. The van der Waals surface area contributed by atoms with Crippen LogP contribution in [0, 0.1) is 0 Å². The monoisotopic (exact) mass is 162 g/mol. The number of aliphatic hydroxyl groups excluding tert-OH is 1. The van der Waals surface area contributed by atoms with E-state index in [0.717, 1.165) is 5.56 Å². The summed E-state index contributed by atoms with van der Waals surface area (Å²) in [7, 11) is 0. The van der Waals surface area contributed by atoms with Gasteiger partial charge in [0.15, 0.2) is 0 Å². The third kappa shape index (κ3) is 3.77. The molecule has 0 aliphatic heterocycles. The third-order valence-corrected chi connectivity index (χ3v) is 1.34. The molecule has 0 fully saturated rings. The molecule has 0 atom stereocenters. The fourth-order valence-corrected chi connectivity index (χ4v) is 0.792. The van der Waals surface area contributed by atoms with Gasteiger partial charge in [-0.3, -0.25) is 0 Å². The van der Waals surface area contributed by atoms with E-state index in [-0.39, 0.29) is 41.9 Å². The first-order valence-electron chi connectivity index (χ1n) is 3.21. The number of hydrogen-bond acceptors (Lipinski definition) is 2. The Balaban J connectivity index is 0.000001000. The van der Waals surface area contributed by atoms with Crippen LogP contribution in [0.1, 0.15) is 5.56 Å². The predicted molar refractivity (Wildman–Crippen MR) is 46.0 cm³/mol. The Morgan fingerprint density at radius 1 is 1.09 bits per heavy atom. The molecule has 0 heterocycles. The summed E-state index contributed by atoms with van der Waals surface area (Å²) >= 11 is 0. The first-order chi connectivity index (χ1) is 4.83. The summed E-state index contributed by atoms with van der Waals surface area (Å²) in [5.41, 5.74) is 1.04. The molecule has 0 aromatic heterocycles. The van der Waals surface area contributed by atoms with Crippen LogP contribution in [0.25, 0.3) is 0 Å². The molecule has 3 heteroatoms. The van der Waals surface area contributed by atoms with Gasteiger partial charge in [-0.15, -0.1) is 0 Å². The van der Waals surface area contributed by atoms with Crippen molar-refractivity contribution in [2.75, 3.05) is 6.61 Å². The van der Waals surface area contributed by atoms with Crippen molar-refractivity contribution in [2.24, 2.45) is 0 Å². The van der Waals surface area contributed by atoms with Gasteiger partial charge < -0.3 is 10.2 Å². The maximum atomic E-state index is 8.86. The van der Waals surface area contributed by atoms with Crippen molar-refractivity contribution < 1.29 is 10.2 Å². The van der Waals surface area contributed by atoms with Crippen LogP contribution in [0.2, 0.25) is 0 Å². The topological polar surface area (TPSA) is 40.5 Å². The van der Waals surface area contributed by atoms with E-state index in [1.165, 1.54) is 0 Å². The summed E-state index contributed by atoms with van der Waals surface area (Å²) in [6, 6.07) is 6.83. The zero-order chi connectivity index (χ0) is 7.40. The Hall–Kier alpha value is -0.0200. The van der Waals surface area contributed by atoms with Crippen LogP contribution in [-0.2, 0) is 6.42 Å². The average molecular weight is 162 g/mol. The second-order valence-corrected chi connectivity index (χ2v) is 2.14. The zero-order valence-electron chi connectivity index (χ0n) is 5.62. The van der Waals surface area contributed by atoms with Gasteiger partial charge in [-0.2, -0.15) is 0 Å². The Kier molecular flexibility index (Phi) is 5.60. The second-order valence-electron chi connectivity index (χ2n) is 2.14. The maximum absolute atomic E-state index is 8.86. The van der Waals surface area contributed by atoms with E-state index >= 15 is 0 Å². The molecule has 11 heavy (non-hydrogen) atoms. The van der Waals surface area contributed by atoms with Gasteiger partial charge in [0.25, 0.3) is 0 Å². The van der Waals surface area contributed by atoms with Crippen LogP contribution in [0.15, 0.2) is 24.3 Å². The summed E-state index contributed by atoms with van der Waals surface area (Å²) < 4.78 is 0. The first kappa shape index (κ1) is 11.0. The molecule has 0 saturated heterocycles. The Morgan fingerprint density at radius 3 is 2.09 bits per heavy atom. The minimum atomic E-state index is 0. The van der Waals surface area contributed by atoms with E-state index in [0.29, 0.717) is 6.42 Å². The summed E-state index contributed by atoms with van der Waals surface area (Å²) in [4.78, 5) is 0. The van der Waals surface area contributed by atoms with Gasteiger partial charge in [0.2, 0.25) is 0 Å². The van der Waals surface area contributed by atoms with Crippen molar-refractivity contribution in [1.29, 1.82) is 0 Å². The van der Waals surface area contributed by atoms with Gasteiger partial charge in [0.1, 0.15) is 5.75 Å². The fraction of sp³-hybridized carbons (Fsp3) is 0.250. The van der Waals surface area contributed by atoms with Crippen LogP contribution >= 0.6 is 0 Å². The molecular weight excluding hydrogens is 151 g/mol. The van der Waals surface area contributed by atoms with Crippen LogP contribution in [0.5, 0.6) is 5.75 Å². The quantitative estimate of drug-likeness (QED) is 0.613. The Labute approximate surface area is 88.2 Å². The predicted octanol–water partition coefficient (Wildman–Crippen LogP) is 0.279. The fourth-order valence-electron chi connectivity index (χ4n) is 0.792. The molecule has 1 aromatic carbocycles. The summed E-state index contributed by atoms with van der Waals surface area (Å²) in [5, 5.41) is 17.4. The van der Waals surface area contributed by atoms with Gasteiger partial charge in [-0.25, -0.2) is 0 Å². The van der Waals surface area contributed by atoms with Gasteiger partial charge in [-0.05, 0) is 24.1 Å². The molecule has 0 saturated carbocycles. The molecular formula is C8H11NaO2. The number of aromatic hydroxyl groups is 1. The van der Waals surface area contributed by atoms with Crippen molar-refractivity contribution in [2.45, 2.75) is 6.42 Å². The van der Waals surface area contributed by atoms with Crippen LogP contribution < -0.4 is 0 Å².